The van der Waals surface area contributed by atoms with Crippen LogP contribution in [0.25, 0.3) is 0 Å². The van der Waals surface area contributed by atoms with E-state index in [1.54, 1.807) is 7.11 Å². The summed E-state index contributed by atoms with van der Waals surface area (Å²) in [5.74, 6) is 0. The zero-order valence-electron chi connectivity index (χ0n) is 9.62. The molecule has 0 radical (unpaired) electrons. The quantitative estimate of drug-likeness (QED) is 0.703. The van der Waals surface area contributed by atoms with Crippen LogP contribution >= 0.6 is 0 Å². The fourth-order valence-corrected chi connectivity index (χ4v) is 1.09. The molecule has 14 heavy (non-hydrogen) atoms. The summed E-state index contributed by atoms with van der Waals surface area (Å²) < 4.78 is 4.93. The maximum Gasteiger partial charge on any atom is 0.0713 e. The van der Waals surface area contributed by atoms with Gasteiger partial charge in [0, 0.05) is 7.11 Å². The topological polar surface area (TPSA) is 9.23 Å². The van der Waals surface area contributed by atoms with Crippen LogP contribution in [0.1, 0.15) is 38.7 Å². The molecule has 0 N–H and O–H groups in total. The summed E-state index contributed by atoms with van der Waals surface area (Å²) in [4.78, 5) is 0. The largest absolute Gasteiger partial charge is 0.380 e. The number of hydrogen-bond acceptors (Lipinski definition) is 1. The summed E-state index contributed by atoms with van der Waals surface area (Å²) in [5.41, 5.74) is 1.22. The fraction of sp³-hybridized carbons (Fsp3) is 0.538. The van der Waals surface area contributed by atoms with E-state index in [-0.39, 0.29) is 0 Å². The molecule has 0 spiro atoms. The van der Waals surface area contributed by atoms with Crippen molar-refractivity contribution in [2.75, 3.05) is 7.11 Å². The molecule has 0 atom stereocenters. The van der Waals surface area contributed by atoms with Gasteiger partial charge in [-0.25, -0.2) is 0 Å². The summed E-state index contributed by atoms with van der Waals surface area (Å²) in [5, 5.41) is 0. The highest BCUT2D eigenvalue weighted by Gasteiger charge is 1.84. The molecule has 0 bridgehead atoms. The van der Waals surface area contributed by atoms with Crippen molar-refractivity contribution < 1.29 is 4.74 Å². The molecule has 0 aromatic heterocycles. The van der Waals surface area contributed by atoms with Gasteiger partial charge in [-0.15, -0.1) is 0 Å². The van der Waals surface area contributed by atoms with E-state index >= 15 is 0 Å². The lowest BCUT2D eigenvalue weighted by molar-refractivity contribution is 0.185. The van der Waals surface area contributed by atoms with Crippen molar-refractivity contribution in [2.24, 2.45) is 0 Å². The minimum atomic E-state index is 0.709. The van der Waals surface area contributed by atoms with E-state index in [1.165, 1.54) is 24.8 Å². The van der Waals surface area contributed by atoms with Crippen LogP contribution in [0, 0.1) is 0 Å². The lowest BCUT2D eigenvalue weighted by atomic mass is 10.2. The lowest BCUT2D eigenvalue weighted by Gasteiger charge is -1.95. The van der Waals surface area contributed by atoms with Crippen LogP contribution in [-0.2, 0) is 11.3 Å². The first-order valence-corrected chi connectivity index (χ1v) is 5.38. The van der Waals surface area contributed by atoms with Gasteiger partial charge in [0.2, 0.25) is 0 Å². The maximum absolute atomic E-state index is 4.93. The third-order valence-electron chi connectivity index (χ3n) is 1.86. The van der Waals surface area contributed by atoms with Crippen LogP contribution in [-0.4, -0.2) is 7.11 Å². The minimum Gasteiger partial charge on any atom is -0.380 e. The van der Waals surface area contributed by atoms with Gasteiger partial charge in [-0.05, 0) is 5.56 Å². The third kappa shape index (κ3) is 7.81. The van der Waals surface area contributed by atoms with Crippen molar-refractivity contribution in [3.8, 4) is 0 Å². The van der Waals surface area contributed by atoms with E-state index in [2.05, 4.69) is 13.8 Å². The maximum atomic E-state index is 4.93. The van der Waals surface area contributed by atoms with E-state index in [4.69, 9.17) is 4.74 Å². The normalized spacial score (nSPS) is 9.07. The van der Waals surface area contributed by atoms with E-state index in [1.807, 2.05) is 30.3 Å². The van der Waals surface area contributed by atoms with Crippen LogP contribution in [0.4, 0.5) is 0 Å². The van der Waals surface area contributed by atoms with Crippen molar-refractivity contribution in [3.63, 3.8) is 0 Å². The fourth-order valence-electron chi connectivity index (χ4n) is 1.09. The highest BCUT2D eigenvalue weighted by molar-refractivity contribution is 5.13. The zero-order valence-corrected chi connectivity index (χ0v) is 9.62. The Morgan fingerprint density at radius 3 is 1.93 bits per heavy atom. The van der Waals surface area contributed by atoms with Crippen molar-refractivity contribution >= 4 is 0 Å². The Morgan fingerprint density at radius 1 is 1.00 bits per heavy atom. The zero-order chi connectivity index (χ0) is 10.6. The summed E-state index contributed by atoms with van der Waals surface area (Å²) >= 11 is 0. The lowest BCUT2D eigenvalue weighted by Crippen LogP contribution is -1.84. The predicted molar refractivity (Wildman–Crippen MR) is 62.4 cm³/mol. The Bertz CT molecular complexity index is 192. The molecule has 0 saturated carbocycles. The molecule has 1 nitrogen and oxygen atoms in total. The number of methoxy groups -OCH3 is 1. The predicted octanol–water partition coefficient (Wildman–Crippen LogP) is 4.03. The summed E-state index contributed by atoms with van der Waals surface area (Å²) in [7, 11) is 1.70. The van der Waals surface area contributed by atoms with Gasteiger partial charge < -0.3 is 4.74 Å². The van der Waals surface area contributed by atoms with E-state index < -0.39 is 0 Å². The minimum absolute atomic E-state index is 0.709. The summed E-state index contributed by atoms with van der Waals surface area (Å²) in [6.07, 6.45) is 4.08. The van der Waals surface area contributed by atoms with Crippen LogP contribution in [0.15, 0.2) is 30.3 Å². The van der Waals surface area contributed by atoms with E-state index in [0.717, 1.165) is 0 Å². The van der Waals surface area contributed by atoms with Gasteiger partial charge in [0.25, 0.3) is 0 Å². The SMILES string of the molecule is CCCCC.COCc1ccccc1. The van der Waals surface area contributed by atoms with Crippen molar-refractivity contribution in [2.45, 2.75) is 39.7 Å². The first kappa shape index (κ1) is 13.2. The van der Waals surface area contributed by atoms with E-state index in [9.17, 15) is 0 Å². The van der Waals surface area contributed by atoms with Crippen LogP contribution < -0.4 is 0 Å². The molecule has 0 fully saturated rings. The second kappa shape index (κ2) is 10.3. The van der Waals surface area contributed by atoms with Gasteiger partial charge in [-0.2, -0.15) is 0 Å². The number of ether oxygens (including phenoxy) is 1. The van der Waals surface area contributed by atoms with Crippen LogP contribution in [0.5, 0.6) is 0 Å². The highest BCUT2D eigenvalue weighted by atomic mass is 16.5. The average Bonchev–Trinajstić information content (AvgIpc) is 2.22. The highest BCUT2D eigenvalue weighted by Crippen LogP contribution is 1.98. The number of hydrogen-bond donors (Lipinski definition) is 0. The molecule has 0 aliphatic heterocycles. The van der Waals surface area contributed by atoms with Crippen molar-refractivity contribution in [1.29, 1.82) is 0 Å². The van der Waals surface area contributed by atoms with Crippen molar-refractivity contribution in [1.82, 2.24) is 0 Å². The molecular formula is C13H22O. The van der Waals surface area contributed by atoms with Crippen LogP contribution in [0.3, 0.4) is 0 Å². The summed E-state index contributed by atoms with van der Waals surface area (Å²) in [6.45, 7) is 5.13. The molecular weight excluding hydrogens is 172 g/mol. The molecule has 1 rings (SSSR count). The van der Waals surface area contributed by atoms with E-state index in [0.29, 0.717) is 6.61 Å². The van der Waals surface area contributed by atoms with Crippen molar-refractivity contribution in [3.05, 3.63) is 35.9 Å². The first-order chi connectivity index (χ1) is 6.85. The van der Waals surface area contributed by atoms with Gasteiger partial charge >= 0.3 is 0 Å². The number of unbranched alkanes of at least 4 members (excludes halogenated alkanes) is 2. The van der Waals surface area contributed by atoms with Gasteiger partial charge in [0.05, 0.1) is 6.61 Å². The molecule has 1 aromatic carbocycles. The van der Waals surface area contributed by atoms with Gasteiger partial charge in [0.1, 0.15) is 0 Å². The van der Waals surface area contributed by atoms with Crippen LogP contribution in [0.2, 0.25) is 0 Å². The van der Waals surface area contributed by atoms with Gasteiger partial charge in [-0.1, -0.05) is 63.4 Å². The molecule has 0 amide bonds. The standard InChI is InChI=1S/C8H10O.C5H12/c1-9-7-8-5-3-2-4-6-8;1-3-5-4-2/h2-6H,7H2,1H3;3-5H2,1-2H3. The first-order valence-electron chi connectivity index (χ1n) is 5.38. The monoisotopic (exact) mass is 194 g/mol. The van der Waals surface area contributed by atoms with Gasteiger partial charge in [0.15, 0.2) is 0 Å². The molecule has 0 saturated heterocycles. The third-order valence-corrected chi connectivity index (χ3v) is 1.86. The molecule has 0 heterocycles. The Labute approximate surface area is 88.1 Å². The molecule has 80 valence electrons. The second-order valence-electron chi connectivity index (χ2n) is 3.27. The molecule has 0 aliphatic rings. The smallest absolute Gasteiger partial charge is 0.0713 e. The molecule has 0 aliphatic carbocycles. The second-order valence-corrected chi connectivity index (χ2v) is 3.27. The molecule has 1 heteroatoms. The average molecular weight is 194 g/mol. The molecule has 0 unspecified atom stereocenters. The Hall–Kier alpha value is -0.820. The Morgan fingerprint density at radius 2 is 1.57 bits per heavy atom. The summed E-state index contributed by atoms with van der Waals surface area (Å²) in [6, 6.07) is 10.1. The number of rotatable bonds is 4. The number of benzene rings is 1. The van der Waals surface area contributed by atoms with Gasteiger partial charge in [-0.3, -0.25) is 0 Å². The Kier molecular flexibility index (Phi) is 9.66. The molecule has 1 aromatic rings. The Balaban J connectivity index is 0.000000292.